The summed E-state index contributed by atoms with van der Waals surface area (Å²) in [5, 5.41) is 14.4. The quantitative estimate of drug-likeness (QED) is 0.537. The Hall–Kier alpha value is -3.03. The molecule has 27 heavy (non-hydrogen) atoms. The monoisotopic (exact) mass is 380 g/mol. The van der Waals surface area contributed by atoms with E-state index in [2.05, 4.69) is 10.6 Å². The number of benzene rings is 2. The van der Waals surface area contributed by atoms with Crippen LogP contribution in [0.15, 0.2) is 42.5 Å². The zero-order chi connectivity index (χ0) is 20.4. The molecule has 0 heterocycles. The molecule has 0 aliphatic heterocycles. The van der Waals surface area contributed by atoms with Crippen LogP contribution in [0.2, 0.25) is 0 Å². The van der Waals surface area contributed by atoms with E-state index in [0.717, 1.165) is 18.2 Å². The molecule has 5 nitrogen and oxygen atoms in total. The first-order valence-electron chi connectivity index (χ1n) is 8.01. The van der Waals surface area contributed by atoms with E-state index in [0.29, 0.717) is 5.56 Å². The lowest BCUT2D eigenvalue weighted by atomic mass is 9.86. The molecule has 0 aliphatic rings. The number of carbonyl (C=O) groups excluding carboxylic acids is 2. The van der Waals surface area contributed by atoms with Gasteiger partial charge in [-0.2, -0.15) is 13.2 Å². The van der Waals surface area contributed by atoms with Gasteiger partial charge >= 0.3 is 18.0 Å². The molecule has 0 aromatic heterocycles. The number of anilines is 2. The summed E-state index contributed by atoms with van der Waals surface area (Å²) in [4.78, 5) is 24.0. The van der Waals surface area contributed by atoms with Gasteiger partial charge in [-0.1, -0.05) is 26.8 Å². The number of amides is 2. The van der Waals surface area contributed by atoms with Crippen molar-refractivity contribution in [2.24, 2.45) is 0 Å². The van der Waals surface area contributed by atoms with Crippen LogP contribution in [0.3, 0.4) is 0 Å². The third kappa shape index (κ3) is 5.22. The van der Waals surface area contributed by atoms with Gasteiger partial charge in [0, 0.05) is 16.9 Å². The van der Waals surface area contributed by atoms with Crippen molar-refractivity contribution in [3.63, 3.8) is 0 Å². The fourth-order valence-corrected chi connectivity index (χ4v) is 2.36. The summed E-state index contributed by atoms with van der Waals surface area (Å²) < 4.78 is 38.1. The van der Waals surface area contributed by atoms with Gasteiger partial charge in [0.25, 0.3) is 0 Å². The lowest BCUT2D eigenvalue weighted by Crippen LogP contribution is -2.29. The number of halogens is 3. The van der Waals surface area contributed by atoms with E-state index >= 15 is 0 Å². The number of aromatic hydroxyl groups is 1. The molecule has 2 rings (SSSR count). The highest BCUT2D eigenvalue weighted by atomic mass is 19.4. The molecule has 0 radical (unpaired) electrons. The Balaban J connectivity index is 2.12. The standard InChI is InChI=1S/C19H19F3N2O3/c1-18(2,3)14-10-13(7-8-15(14)25)24-17(27)16(26)23-12-6-4-5-11(9-12)19(20,21)22/h4-10,25H,1-3H3,(H,23,26)(H,24,27). The van der Waals surface area contributed by atoms with Crippen molar-refractivity contribution in [2.45, 2.75) is 32.4 Å². The third-order valence-electron chi connectivity index (χ3n) is 3.72. The number of hydrogen-bond acceptors (Lipinski definition) is 3. The van der Waals surface area contributed by atoms with Gasteiger partial charge in [-0.25, -0.2) is 0 Å². The molecule has 2 amide bonds. The first-order valence-corrected chi connectivity index (χ1v) is 8.01. The number of phenolic OH excluding ortho intramolecular Hbond substituents is 1. The largest absolute Gasteiger partial charge is 0.508 e. The zero-order valence-corrected chi connectivity index (χ0v) is 14.9. The fraction of sp³-hybridized carbons (Fsp3) is 0.263. The first kappa shape index (κ1) is 20.3. The molecule has 0 aliphatic carbocycles. The van der Waals surface area contributed by atoms with Crippen molar-refractivity contribution in [1.82, 2.24) is 0 Å². The number of alkyl halides is 3. The molecule has 3 N–H and O–H groups in total. The van der Waals surface area contributed by atoms with Crippen LogP contribution in [0.4, 0.5) is 24.5 Å². The van der Waals surface area contributed by atoms with Crippen LogP contribution in [0.5, 0.6) is 5.75 Å². The smallest absolute Gasteiger partial charge is 0.416 e. The Kier molecular flexibility index (Phi) is 5.48. The van der Waals surface area contributed by atoms with E-state index in [1.165, 1.54) is 24.3 Å². The molecule has 0 fully saturated rings. The average molecular weight is 380 g/mol. The number of nitrogens with one attached hydrogen (secondary N) is 2. The second-order valence-corrected chi connectivity index (χ2v) is 6.97. The highest BCUT2D eigenvalue weighted by molar-refractivity contribution is 6.43. The van der Waals surface area contributed by atoms with E-state index in [1.807, 2.05) is 20.8 Å². The number of rotatable bonds is 2. The molecule has 2 aromatic rings. The van der Waals surface area contributed by atoms with Gasteiger partial charge in [0.2, 0.25) is 0 Å². The van der Waals surface area contributed by atoms with Crippen LogP contribution in [0, 0.1) is 0 Å². The van der Waals surface area contributed by atoms with Crippen LogP contribution in [0.25, 0.3) is 0 Å². The van der Waals surface area contributed by atoms with Crippen molar-refractivity contribution in [3.05, 3.63) is 53.6 Å². The summed E-state index contributed by atoms with van der Waals surface area (Å²) in [5.41, 5.74) is -0.633. The predicted molar refractivity (Wildman–Crippen MR) is 95.5 cm³/mol. The van der Waals surface area contributed by atoms with Crippen molar-refractivity contribution >= 4 is 23.2 Å². The van der Waals surface area contributed by atoms with Crippen molar-refractivity contribution in [3.8, 4) is 5.75 Å². The van der Waals surface area contributed by atoms with Crippen LogP contribution in [0.1, 0.15) is 31.9 Å². The van der Waals surface area contributed by atoms with Gasteiger partial charge in [-0.05, 0) is 41.8 Å². The molecular formula is C19H19F3N2O3. The SMILES string of the molecule is CC(C)(C)c1cc(NC(=O)C(=O)Nc2cccc(C(F)(F)F)c2)ccc1O. The van der Waals surface area contributed by atoms with E-state index in [-0.39, 0.29) is 17.1 Å². The lowest BCUT2D eigenvalue weighted by molar-refractivity contribution is -0.137. The molecule has 0 atom stereocenters. The number of carbonyl (C=O) groups is 2. The van der Waals surface area contributed by atoms with Gasteiger partial charge in [0.05, 0.1) is 5.56 Å². The summed E-state index contributed by atoms with van der Waals surface area (Å²) in [7, 11) is 0. The van der Waals surface area contributed by atoms with E-state index in [1.54, 1.807) is 0 Å². The predicted octanol–water partition coefficient (Wildman–Crippen LogP) is 4.29. The molecule has 0 unspecified atom stereocenters. The minimum absolute atomic E-state index is 0.0499. The van der Waals surface area contributed by atoms with E-state index < -0.39 is 29.0 Å². The summed E-state index contributed by atoms with van der Waals surface area (Å²) in [5.74, 6) is -2.11. The fourth-order valence-electron chi connectivity index (χ4n) is 2.36. The maximum atomic E-state index is 12.7. The Morgan fingerprint density at radius 1 is 0.889 bits per heavy atom. The molecule has 0 saturated heterocycles. The normalized spacial score (nSPS) is 11.8. The summed E-state index contributed by atoms with van der Waals surface area (Å²) in [6, 6.07) is 8.32. The van der Waals surface area contributed by atoms with Gasteiger partial charge in [0.15, 0.2) is 0 Å². The topological polar surface area (TPSA) is 78.4 Å². The lowest BCUT2D eigenvalue weighted by Gasteiger charge is -2.21. The van der Waals surface area contributed by atoms with Crippen molar-refractivity contribution in [1.29, 1.82) is 0 Å². The maximum Gasteiger partial charge on any atom is 0.416 e. The minimum atomic E-state index is -4.56. The van der Waals surface area contributed by atoms with Crippen LogP contribution in [-0.4, -0.2) is 16.9 Å². The van der Waals surface area contributed by atoms with Crippen LogP contribution in [-0.2, 0) is 21.2 Å². The van der Waals surface area contributed by atoms with Gasteiger partial charge in [-0.15, -0.1) is 0 Å². The van der Waals surface area contributed by atoms with Crippen molar-refractivity contribution < 1.29 is 27.9 Å². The minimum Gasteiger partial charge on any atom is -0.508 e. The highest BCUT2D eigenvalue weighted by Gasteiger charge is 2.30. The van der Waals surface area contributed by atoms with Gasteiger partial charge < -0.3 is 15.7 Å². The van der Waals surface area contributed by atoms with Gasteiger partial charge in [0.1, 0.15) is 5.75 Å². The molecule has 144 valence electrons. The first-order chi connectivity index (χ1) is 12.4. The second kappa shape index (κ2) is 7.30. The molecule has 0 bridgehead atoms. The third-order valence-corrected chi connectivity index (χ3v) is 3.72. The molecule has 8 heteroatoms. The molecule has 0 saturated carbocycles. The number of hydrogen-bond donors (Lipinski definition) is 3. The summed E-state index contributed by atoms with van der Waals surface area (Å²) in [6.07, 6.45) is -4.56. The maximum absolute atomic E-state index is 12.7. The highest BCUT2D eigenvalue weighted by Crippen LogP contribution is 2.33. The second-order valence-electron chi connectivity index (χ2n) is 6.97. The molecule has 2 aromatic carbocycles. The van der Waals surface area contributed by atoms with Crippen LogP contribution >= 0.6 is 0 Å². The Morgan fingerprint density at radius 3 is 1.96 bits per heavy atom. The zero-order valence-electron chi connectivity index (χ0n) is 14.9. The molecule has 0 spiro atoms. The summed E-state index contributed by atoms with van der Waals surface area (Å²) >= 11 is 0. The number of phenols is 1. The van der Waals surface area contributed by atoms with Crippen molar-refractivity contribution in [2.75, 3.05) is 10.6 Å². The average Bonchev–Trinajstić information content (AvgIpc) is 2.55. The van der Waals surface area contributed by atoms with Crippen LogP contribution < -0.4 is 10.6 Å². The Bertz CT molecular complexity index is 871. The van der Waals surface area contributed by atoms with E-state index in [4.69, 9.17) is 0 Å². The van der Waals surface area contributed by atoms with E-state index in [9.17, 15) is 27.9 Å². The van der Waals surface area contributed by atoms with Gasteiger partial charge in [-0.3, -0.25) is 9.59 Å². The summed E-state index contributed by atoms with van der Waals surface area (Å²) in [6.45, 7) is 5.61. The Morgan fingerprint density at radius 2 is 1.44 bits per heavy atom. The molecular weight excluding hydrogens is 361 g/mol. The Labute approximate surface area is 154 Å².